The minimum Gasteiger partial charge on any atom is -0.422 e. The first-order valence-corrected chi connectivity index (χ1v) is 6.75. The Labute approximate surface area is 126 Å². The number of nitrogens with one attached hydrogen (secondary N) is 1. The second-order valence-corrected chi connectivity index (χ2v) is 4.99. The van der Waals surface area contributed by atoms with Gasteiger partial charge < -0.3 is 4.42 Å². The lowest BCUT2D eigenvalue weighted by molar-refractivity contribution is 0.0953. The number of para-hydroxylation sites is 1. The van der Waals surface area contributed by atoms with Gasteiger partial charge in [-0.2, -0.15) is 0 Å². The maximum absolute atomic E-state index is 12.2. The molecule has 0 aliphatic rings. The number of nitrogen functional groups attached to an aromatic ring is 1. The van der Waals surface area contributed by atoms with Crippen LogP contribution in [0.1, 0.15) is 15.9 Å². The number of fused-ring (bicyclic) bond motifs is 1. The molecule has 3 rings (SSSR count). The van der Waals surface area contributed by atoms with Gasteiger partial charge in [-0.15, -0.1) is 0 Å². The van der Waals surface area contributed by atoms with E-state index in [1.807, 2.05) is 25.1 Å². The van der Waals surface area contributed by atoms with E-state index in [0.717, 1.165) is 16.5 Å². The lowest BCUT2D eigenvalue weighted by atomic mass is 9.98. The van der Waals surface area contributed by atoms with Gasteiger partial charge in [-0.25, -0.2) is 10.6 Å². The van der Waals surface area contributed by atoms with Gasteiger partial charge in [0.25, 0.3) is 5.91 Å². The third-order valence-corrected chi connectivity index (χ3v) is 3.55. The number of carbonyl (C=O) groups is 1. The molecule has 0 spiro atoms. The summed E-state index contributed by atoms with van der Waals surface area (Å²) < 4.78 is 5.35. The van der Waals surface area contributed by atoms with E-state index in [1.165, 1.54) is 0 Å². The minimum absolute atomic E-state index is 0.375. The third kappa shape index (κ3) is 2.38. The van der Waals surface area contributed by atoms with Gasteiger partial charge in [0.15, 0.2) is 0 Å². The van der Waals surface area contributed by atoms with E-state index in [9.17, 15) is 9.59 Å². The summed E-state index contributed by atoms with van der Waals surface area (Å²) in [6.07, 6.45) is 0. The van der Waals surface area contributed by atoms with Gasteiger partial charge >= 0.3 is 5.63 Å². The molecule has 1 heterocycles. The molecule has 110 valence electrons. The molecular formula is C17H14N2O3. The standard InChI is InChI=1S/C17H14N2O3/c1-10-8-12(16(20)19-18)6-7-13(10)14-9-11-4-2-3-5-15(11)22-17(14)21/h2-9H,18H2,1H3,(H,19,20). The first-order chi connectivity index (χ1) is 10.6. The fourth-order valence-electron chi connectivity index (χ4n) is 2.44. The van der Waals surface area contributed by atoms with Crippen LogP contribution in [-0.4, -0.2) is 5.91 Å². The van der Waals surface area contributed by atoms with E-state index >= 15 is 0 Å². The summed E-state index contributed by atoms with van der Waals surface area (Å²) in [5.41, 5.74) is 4.66. The fraction of sp³-hybridized carbons (Fsp3) is 0.0588. The molecule has 1 aromatic heterocycles. The zero-order valence-electron chi connectivity index (χ0n) is 11.9. The molecule has 1 amide bonds. The van der Waals surface area contributed by atoms with Gasteiger partial charge in [0.1, 0.15) is 5.58 Å². The van der Waals surface area contributed by atoms with Gasteiger partial charge in [0.2, 0.25) is 0 Å². The van der Waals surface area contributed by atoms with Crippen LogP contribution in [0.15, 0.2) is 57.7 Å². The maximum Gasteiger partial charge on any atom is 0.344 e. The van der Waals surface area contributed by atoms with E-state index in [0.29, 0.717) is 16.7 Å². The van der Waals surface area contributed by atoms with Crippen LogP contribution in [0.25, 0.3) is 22.1 Å². The average molecular weight is 294 g/mol. The quantitative estimate of drug-likeness (QED) is 0.329. The largest absolute Gasteiger partial charge is 0.422 e. The number of hydrogen-bond donors (Lipinski definition) is 2. The summed E-state index contributed by atoms with van der Waals surface area (Å²) in [6.45, 7) is 1.83. The molecule has 0 radical (unpaired) electrons. The topological polar surface area (TPSA) is 85.3 Å². The van der Waals surface area contributed by atoms with Gasteiger partial charge in [-0.1, -0.05) is 24.3 Å². The molecule has 3 aromatic rings. The summed E-state index contributed by atoms with van der Waals surface area (Å²) in [6, 6.07) is 14.2. The van der Waals surface area contributed by atoms with Crippen molar-refractivity contribution in [3.05, 3.63) is 70.1 Å². The molecule has 0 saturated carbocycles. The SMILES string of the molecule is Cc1cc(C(=O)NN)ccc1-c1cc2ccccc2oc1=O. The molecule has 0 atom stereocenters. The Morgan fingerprint density at radius 3 is 2.59 bits per heavy atom. The monoisotopic (exact) mass is 294 g/mol. The molecule has 3 N–H and O–H groups in total. The summed E-state index contributed by atoms with van der Waals surface area (Å²) in [4.78, 5) is 23.7. The molecule has 0 bridgehead atoms. The Morgan fingerprint density at radius 1 is 1.09 bits per heavy atom. The van der Waals surface area contributed by atoms with Crippen molar-refractivity contribution in [3.63, 3.8) is 0 Å². The van der Waals surface area contributed by atoms with Crippen molar-refractivity contribution in [1.82, 2.24) is 5.43 Å². The van der Waals surface area contributed by atoms with Crippen molar-refractivity contribution in [2.75, 3.05) is 0 Å². The first kappa shape index (κ1) is 14.0. The molecule has 0 unspecified atom stereocenters. The van der Waals surface area contributed by atoms with Crippen LogP contribution in [0.4, 0.5) is 0 Å². The second kappa shape index (κ2) is 5.46. The molecule has 0 fully saturated rings. The fourth-order valence-corrected chi connectivity index (χ4v) is 2.44. The van der Waals surface area contributed by atoms with Crippen LogP contribution in [-0.2, 0) is 0 Å². The number of carbonyl (C=O) groups excluding carboxylic acids is 1. The zero-order chi connectivity index (χ0) is 15.7. The number of benzene rings is 2. The normalized spacial score (nSPS) is 10.6. The smallest absolute Gasteiger partial charge is 0.344 e. The molecule has 22 heavy (non-hydrogen) atoms. The minimum atomic E-state index is -0.405. The van der Waals surface area contributed by atoms with Crippen molar-refractivity contribution in [1.29, 1.82) is 0 Å². The van der Waals surface area contributed by atoms with Crippen molar-refractivity contribution in [2.45, 2.75) is 6.92 Å². The number of amides is 1. The van der Waals surface area contributed by atoms with Crippen LogP contribution in [0.3, 0.4) is 0 Å². The highest BCUT2D eigenvalue weighted by Crippen LogP contribution is 2.24. The molecule has 0 aliphatic carbocycles. The van der Waals surface area contributed by atoms with Gasteiger partial charge in [0, 0.05) is 10.9 Å². The average Bonchev–Trinajstić information content (AvgIpc) is 2.53. The number of nitrogens with two attached hydrogens (primary N) is 1. The molecular weight excluding hydrogens is 280 g/mol. The van der Waals surface area contributed by atoms with Crippen LogP contribution in [0, 0.1) is 6.92 Å². The van der Waals surface area contributed by atoms with E-state index < -0.39 is 5.63 Å². The second-order valence-electron chi connectivity index (χ2n) is 4.99. The zero-order valence-corrected chi connectivity index (χ0v) is 11.9. The molecule has 2 aromatic carbocycles. The maximum atomic E-state index is 12.2. The van der Waals surface area contributed by atoms with Gasteiger partial charge in [-0.3, -0.25) is 10.2 Å². The lowest BCUT2D eigenvalue weighted by Crippen LogP contribution is -2.30. The van der Waals surface area contributed by atoms with Crippen molar-refractivity contribution in [3.8, 4) is 11.1 Å². The van der Waals surface area contributed by atoms with Crippen LogP contribution < -0.4 is 16.9 Å². The highest BCUT2D eigenvalue weighted by Gasteiger charge is 2.12. The van der Waals surface area contributed by atoms with E-state index in [-0.39, 0.29) is 5.91 Å². The Bertz CT molecular complexity index is 929. The summed E-state index contributed by atoms with van der Waals surface area (Å²) in [5.74, 6) is 4.75. The molecule has 5 heteroatoms. The number of hydrogen-bond acceptors (Lipinski definition) is 4. The van der Waals surface area contributed by atoms with Crippen LogP contribution in [0.5, 0.6) is 0 Å². The third-order valence-electron chi connectivity index (χ3n) is 3.55. The number of aryl methyl sites for hydroxylation is 1. The Kier molecular flexibility index (Phi) is 3.48. The van der Waals surface area contributed by atoms with Crippen molar-refractivity contribution >= 4 is 16.9 Å². The predicted octanol–water partition coefficient (Wildman–Crippen LogP) is 2.37. The molecule has 0 aliphatic heterocycles. The van der Waals surface area contributed by atoms with Crippen LogP contribution >= 0.6 is 0 Å². The lowest BCUT2D eigenvalue weighted by Gasteiger charge is -2.08. The Balaban J connectivity index is 2.17. The summed E-state index contributed by atoms with van der Waals surface area (Å²) >= 11 is 0. The van der Waals surface area contributed by atoms with Gasteiger partial charge in [0.05, 0.1) is 5.56 Å². The molecule has 0 saturated heterocycles. The highest BCUT2D eigenvalue weighted by atomic mass is 16.4. The summed E-state index contributed by atoms with van der Waals surface area (Å²) in [5, 5.41) is 0.847. The van der Waals surface area contributed by atoms with E-state index in [1.54, 1.807) is 30.3 Å². The predicted molar refractivity (Wildman–Crippen MR) is 84.3 cm³/mol. The highest BCUT2D eigenvalue weighted by molar-refractivity contribution is 5.94. The molecule has 5 nitrogen and oxygen atoms in total. The van der Waals surface area contributed by atoms with Crippen LogP contribution in [0.2, 0.25) is 0 Å². The van der Waals surface area contributed by atoms with E-state index in [4.69, 9.17) is 10.3 Å². The summed E-state index contributed by atoms with van der Waals surface area (Å²) in [7, 11) is 0. The van der Waals surface area contributed by atoms with Gasteiger partial charge in [-0.05, 0) is 42.3 Å². The Hall–Kier alpha value is -2.92. The van der Waals surface area contributed by atoms with Crippen molar-refractivity contribution < 1.29 is 9.21 Å². The number of hydrazine groups is 1. The van der Waals surface area contributed by atoms with E-state index in [2.05, 4.69) is 5.43 Å². The first-order valence-electron chi connectivity index (χ1n) is 6.75. The van der Waals surface area contributed by atoms with Crippen molar-refractivity contribution in [2.24, 2.45) is 5.84 Å². The number of rotatable bonds is 2. The Morgan fingerprint density at radius 2 is 1.86 bits per heavy atom.